The number of aromatic nitrogens is 1. The molecular formula is C21H33N3. The lowest BCUT2D eigenvalue weighted by Crippen LogP contribution is -2.46. The maximum Gasteiger partial charge on any atom is 0.0312 e. The van der Waals surface area contributed by atoms with E-state index in [4.69, 9.17) is 0 Å². The van der Waals surface area contributed by atoms with Gasteiger partial charge in [0.1, 0.15) is 0 Å². The Morgan fingerprint density at radius 2 is 1.88 bits per heavy atom. The summed E-state index contributed by atoms with van der Waals surface area (Å²) in [4.78, 5) is 9.77. The van der Waals surface area contributed by atoms with Crippen LogP contribution in [0.25, 0.3) is 0 Å². The molecule has 2 saturated heterocycles. The average Bonchev–Trinajstić information content (AvgIpc) is 2.98. The summed E-state index contributed by atoms with van der Waals surface area (Å²) in [5, 5.41) is 0. The zero-order valence-corrected chi connectivity index (χ0v) is 15.1. The molecule has 1 aliphatic carbocycles. The number of hydrogen-bond donors (Lipinski definition) is 0. The van der Waals surface area contributed by atoms with Crippen LogP contribution >= 0.6 is 0 Å². The molecule has 0 amide bonds. The summed E-state index contributed by atoms with van der Waals surface area (Å²) in [6.45, 7) is 7.73. The maximum absolute atomic E-state index is 4.27. The van der Waals surface area contributed by atoms with Gasteiger partial charge >= 0.3 is 0 Å². The van der Waals surface area contributed by atoms with Crippen LogP contribution < -0.4 is 0 Å². The van der Waals surface area contributed by atoms with Crippen LogP contribution in [-0.2, 0) is 6.54 Å². The normalized spacial score (nSPS) is 30.2. The smallest absolute Gasteiger partial charge is 0.0312 e. The van der Waals surface area contributed by atoms with Crippen molar-refractivity contribution < 1.29 is 0 Å². The molecule has 1 spiro atoms. The highest BCUT2D eigenvalue weighted by molar-refractivity contribution is 5.09. The van der Waals surface area contributed by atoms with Crippen LogP contribution in [0.3, 0.4) is 0 Å². The molecule has 0 aromatic carbocycles. The average molecular weight is 328 g/mol. The van der Waals surface area contributed by atoms with Gasteiger partial charge in [-0.1, -0.05) is 25.3 Å². The Labute approximate surface area is 147 Å². The van der Waals surface area contributed by atoms with Crippen LogP contribution in [-0.4, -0.2) is 47.5 Å². The SMILES string of the molecule is c1cncc(CN2CCC3(CCCN(CC4CCCCC4)C3)C2)c1. The molecule has 1 saturated carbocycles. The summed E-state index contributed by atoms with van der Waals surface area (Å²) in [5.41, 5.74) is 1.94. The van der Waals surface area contributed by atoms with Crippen molar-refractivity contribution in [3.8, 4) is 0 Å². The van der Waals surface area contributed by atoms with E-state index in [1.54, 1.807) is 0 Å². The molecule has 1 atom stereocenters. The second-order valence-corrected chi connectivity index (χ2v) is 8.66. The number of likely N-dealkylation sites (tertiary alicyclic amines) is 2. The lowest BCUT2D eigenvalue weighted by molar-refractivity contribution is 0.0737. The van der Waals surface area contributed by atoms with Crippen molar-refractivity contribution in [3.05, 3.63) is 30.1 Å². The largest absolute Gasteiger partial charge is 0.302 e. The molecule has 1 aromatic heterocycles. The minimum atomic E-state index is 0.578. The molecule has 3 heterocycles. The third kappa shape index (κ3) is 4.00. The van der Waals surface area contributed by atoms with Crippen molar-refractivity contribution >= 4 is 0 Å². The van der Waals surface area contributed by atoms with Crippen molar-refractivity contribution in [2.24, 2.45) is 11.3 Å². The van der Waals surface area contributed by atoms with Crippen molar-refractivity contribution in [2.75, 3.05) is 32.7 Å². The lowest BCUT2D eigenvalue weighted by atomic mass is 9.78. The number of hydrogen-bond acceptors (Lipinski definition) is 3. The molecule has 3 nitrogen and oxygen atoms in total. The molecule has 1 aromatic rings. The van der Waals surface area contributed by atoms with E-state index in [0.29, 0.717) is 5.41 Å². The van der Waals surface area contributed by atoms with Gasteiger partial charge in [-0.3, -0.25) is 9.88 Å². The number of nitrogens with zero attached hydrogens (tertiary/aromatic N) is 3. The Morgan fingerprint density at radius 3 is 2.71 bits per heavy atom. The van der Waals surface area contributed by atoms with E-state index >= 15 is 0 Å². The second-order valence-electron chi connectivity index (χ2n) is 8.66. The van der Waals surface area contributed by atoms with Gasteiger partial charge in [0.25, 0.3) is 0 Å². The van der Waals surface area contributed by atoms with Gasteiger partial charge in [-0.05, 0) is 68.2 Å². The molecule has 3 heteroatoms. The van der Waals surface area contributed by atoms with E-state index in [1.165, 1.54) is 89.7 Å². The Balaban J connectivity index is 1.31. The van der Waals surface area contributed by atoms with E-state index in [1.807, 2.05) is 12.4 Å². The van der Waals surface area contributed by atoms with Gasteiger partial charge in [-0.15, -0.1) is 0 Å². The first kappa shape index (κ1) is 16.5. The summed E-state index contributed by atoms with van der Waals surface area (Å²) < 4.78 is 0. The molecular weight excluding hydrogens is 294 g/mol. The van der Waals surface area contributed by atoms with E-state index in [-0.39, 0.29) is 0 Å². The monoisotopic (exact) mass is 327 g/mol. The van der Waals surface area contributed by atoms with Crippen LogP contribution in [0.5, 0.6) is 0 Å². The molecule has 3 aliphatic rings. The minimum Gasteiger partial charge on any atom is -0.302 e. The fourth-order valence-corrected chi connectivity index (χ4v) is 5.45. The first-order chi connectivity index (χ1) is 11.8. The van der Waals surface area contributed by atoms with E-state index < -0.39 is 0 Å². The summed E-state index contributed by atoms with van der Waals surface area (Å²) in [6, 6.07) is 4.28. The van der Waals surface area contributed by atoms with Crippen molar-refractivity contribution in [1.82, 2.24) is 14.8 Å². The Hall–Kier alpha value is -0.930. The van der Waals surface area contributed by atoms with E-state index in [2.05, 4.69) is 26.9 Å². The first-order valence-corrected chi connectivity index (χ1v) is 10.2. The maximum atomic E-state index is 4.27. The zero-order valence-electron chi connectivity index (χ0n) is 15.1. The van der Waals surface area contributed by atoms with Crippen LogP contribution in [0.15, 0.2) is 24.5 Å². The van der Waals surface area contributed by atoms with Gasteiger partial charge in [0, 0.05) is 38.6 Å². The highest BCUT2D eigenvalue weighted by Crippen LogP contribution is 2.40. The highest BCUT2D eigenvalue weighted by Gasteiger charge is 2.41. The van der Waals surface area contributed by atoms with Crippen molar-refractivity contribution in [2.45, 2.75) is 57.9 Å². The highest BCUT2D eigenvalue weighted by atomic mass is 15.2. The number of rotatable bonds is 4. The lowest BCUT2D eigenvalue weighted by Gasteiger charge is -2.42. The molecule has 0 bridgehead atoms. The molecule has 0 radical (unpaired) electrons. The van der Waals surface area contributed by atoms with Gasteiger partial charge in [-0.25, -0.2) is 0 Å². The van der Waals surface area contributed by atoms with Gasteiger partial charge in [0.2, 0.25) is 0 Å². The molecule has 0 N–H and O–H groups in total. The fourth-order valence-electron chi connectivity index (χ4n) is 5.45. The van der Waals surface area contributed by atoms with Crippen LogP contribution in [0.4, 0.5) is 0 Å². The molecule has 132 valence electrons. The quantitative estimate of drug-likeness (QED) is 0.835. The zero-order chi connectivity index (χ0) is 16.2. The molecule has 3 fully saturated rings. The van der Waals surface area contributed by atoms with Crippen molar-refractivity contribution in [3.63, 3.8) is 0 Å². The van der Waals surface area contributed by atoms with Crippen LogP contribution in [0, 0.1) is 11.3 Å². The predicted octanol–water partition coefficient (Wildman–Crippen LogP) is 3.95. The number of piperidine rings is 1. The fraction of sp³-hybridized carbons (Fsp3) is 0.762. The summed E-state index contributed by atoms with van der Waals surface area (Å²) in [6.07, 6.45) is 15.5. The van der Waals surface area contributed by atoms with Crippen LogP contribution in [0.2, 0.25) is 0 Å². The minimum absolute atomic E-state index is 0.578. The molecule has 4 rings (SSSR count). The molecule has 2 aliphatic heterocycles. The van der Waals surface area contributed by atoms with Crippen LogP contribution in [0.1, 0.15) is 56.9 Å². The Morgan fingerprint density at radius 1 is 1.00 bits per heavy atom. The van der Waals surface area contributed by atoms with Gasteiger partial charge in [-0.2, -0.15) is 0 Å². The number of pyridine rings is 1. The predicted molar refractivity (Wildman–Crippen MR) is 98.8 cm³/mol. The Kier molecular flexibility index (Phi) is 5.19. The third-order valence-electron chi connectivity index (χ3n) is 6.63. The van der Waals surface area contributed by atoms with Gasteiger partial charge in [0.05, 0.1) is 0 Å². The summed E-state index contributed by atoms with van der Waals surface area (Å²) in [7, 11) is 0. The van der Waals surface area contributed by atoms with Crippen molar-refractivity contribution in [1.29, 1.82) is 0 Å². The Bertz CT molecular complexity index is 511. The molecule has 1 unspecified atom stereocenters. The van der Waals surface area contributed by atoms with E-state index in [0.717, 1.165) is 12.5 Å². The van der Waals surface area contributed by atoms with E-state index in [9.17, 15) is 0 Å². The topological polar surface area (TPSA) is 19.4 Å². The first-order valence-electron chi connectivity index (χ1n) is 10.2. The third-order valence-corrected chi connectivity index (χ3v) is 6.63. The standard InChI is InChI=1S/C21H33N3/c1-2-6-19(7-3-1)15-23-12-5-9-21(17-23)10-13-24(18-21)16-20-8-4-11-22-14-20/h4,8,11,14,19H,1-3,5-7,9-10,12-13,15-18H2. The second kappa shape index (κ2) is 7.53. The summed E-state index contributed by atoms with van der Waals surface area (Å²) >= 11 is 0. The van der Waals surface area contributed by atoms with Gasteiger partial charge < -0.3 is 4.90 Å². The molecule has 24 heavy (non-hydrogen) atoms. The van der Waals surface area contributed by atoms with Gasteiger partial charge in [0.15, 0.2) is 0 Å². The summed E-state index contributed by atoms with van der Waals surface area (Å²) in [5.74, 6) is 0.988.